The molecule has 0 aliphatic carbocycles. The van der Waals surface area contributed by atoms with Crippen LogP contribution in [0.25, 0.3) is 0 Å². The van der Waals surface area contributed by atoms with Crippen molar-refractivity contribution < 1.29 is 26.0 Å². The molecule has 3 aromatic carbocycles. The first kappa shape index (κ1) is 20.8. The molecule has 0 spiro atoms. The van der Waals surface area contributed by atoms with E-state index in [1.807, 2.05) is 0 Å². The summed E-state index contributed by atoms with van der Waals surface area (Å²) in [7, 11) is -8.16. The van der Waals surface area contributed by atoms with E-state index in [4.69, 9.17) is 0 Å². The quantitative estimate of drug-likeness (QED) is 0.521. The summed E-state index contributed by atoms with van der Waals surface area (Å²) in [4.78, 5) is 11.3. The average Bonchev–Trinajstić information content (AvgIpc) is 3.08. The van der Waals surface area contributed by atoms with Crippen LogP contribution >= 0.6 is 0 Å². The summed E-state index contributed by atoms with van der Waals surface area (Å²) in [6.45, 7) is 0. The molecule has 31 heavy (non-hydrogen) atoms. The molecule has 11 heteroatoms. The lowest BCUT2D eigenvalue weighted by Crippen LogP contribution is -2.17. The molecule has 1 amide bonds. The molecule has 0 atom stereocenters. The third-order valence-corrected chi connectivity index (χ3v) is 7.30. The molecule has 1 heterocycles. The number of para-hydroxylation sites is 2. The van der Waals surface area contributed by atoms with Crippen molar-refractivity contribution in [2.75, 3.05) is 14.8 Å². The number of carbonyl (C=O) groups excluding carboxylic acids is 1. The zero-order valence-corrected chi connectivity index (χ0v) is 17.4. The number of carbonyl (C=O) groups is 1. The smallest absolute Gasteiger partial charge is 0.261 e. The number of sulfonamides is 2. The maximum Gasteiger partial charge on any atom is 0.261 e. The van der Waals surface area contributed by atoms with Crippen LogP contribution in [0.2, 0.25) is 0 Å². The number of benzene rings is 3. The van der Waals surface area contributed by atoms with Gasteiger partial charge in [-0.3, -0.25) is 14.2 Å². The molecule has 0 aromatic heterocycles. The van der Waals surface area contributed by atoms with Crippen molar-refractivity contribution in [3.8, 4) is 0 Å². The Balaban J connectivity index is 1.62. The molecule has 0 saturated heterocycles. The predicted molar refractivity (Wildman–Crippen MR) is 113 cm³/mol. The first-order chi connectivity index (χ1) is 14.6. The summed E-state index contributed by atoms with van der Waals surface area (Å²) in [5.74, 6) is -0.809. The molecular weight excluding hydrogens is 445 g/mol. The molecule has 0 unspecified atom stereocenters. The standard InChI is InChI=1S/C20H16FN3O5S2/c21-14-5-7-15(8-6-14)30(26,27)23-18-3-1-2-4-19(18)24-31(28,29)16-9-10-17-13(11-16)12-20(25)22-17/h1-11,23-24H,12H2,(H,22,25). The van der Waals surface area contributed by atoms with Crippen molar-refractivity contribution in [2.24, 2.45) is 0 Å². The number of anilines is 3. The Hall–Kier alpha value is -3.44. The van der Waals surface area contributed by atoms with Crippen LogP contribution in [0.3, 0.4) is 0 Å². The highest BCUT2D eigenvalue weighted by Crippen LogP contribution is 2.29. The minimum Gasteiger partial charge on any atom is -0.326 e. The fraction of sp³-hybridized carbons (Fsp3) is 0.0500. The third-order valence-electron chi connectivity index (χ3n) is 4.55. The predicted octanol–water partition coefficient (Wildman–Crippen LogP) is 2.92. The van der Waals surface area contributed by atoms with Crippen LogP contribution in [0.5, 0.6) is 0 Å². The van der Waals surface area contributed by atoms with E-state index < -0.39 is 25.9 Å². The van der Waals surface area contributed by atoms with E-state index in [2.05, 4.69) is 14.8 Å². The molecule has 0 fully saturated rings. The van der Waals surface area contributed by atoms with Gasteiger partial charge in [0.15, 0.2) is 0 Å². The van der Waals surface area contributed by atoms with Crippen LogP contribution in [0.1, 0.15) is 5.56 Å². The topological polar surface area (TPSA) is 121 Å². The van der Waals surface area contributed by atoms with E-state index >= 15 is 0 Å². The van der Waals surface area contributed by atoms with Gasteiger partial charge < -0.3 is 5.32 Å². The Bertz CT molecular complexity index is 1390. The van der Waals surface area contributed by atoms with Crippen molar-refractivity contribution in [2.45, 2.75) is 16.2 Å². The Labute approximate surface area is 178 Å². The molecule has 0 radical (unpaired) electrons. The first-order valence-electron chi connectivity index (χ1n) is 8.97. The lowest BCUT2D eigenvalue weighted by Gasteiger charge is -2.15. The number of fused-ring (bicyclic) bond motifs is 1. The van der Waals surface area contributed by atoms with Crippen LogP contribution in [0.4, 0.5) is 21.5 Å². The average molecular weight is 461 g/mol. The van der Waals surface area contributed by atoms with Gasteiger partial charge in [0.05, 0.1) is 27.6 Å². The van der Waals surface area contributed by atoms with Gasteiger partial charge in [0, 0.05) is 5.69 Å². The van der Waals surface area contributed by atoms with Gasteiger partial charge in [-0.1, -0.05) is 12.1 Å². The maximum absolute atomic E-state index is 13.1. The summed E-state index contributed by atoms with van der Waals surface area (Å²) in [5.41, 5.74) is 1.10. The number of rotatable bonds is 6. The number of hydrogen-bond acceptors (Lipinski definition) is 5. The Morgan fingerprint density at radius 3 is 1.94 bits per heavy atom. The molecule has 0 bridgehead atoms. The van der Waals surface area contributed by atoms with Gasteiger partial charge in [0.2, 0.25) is 5.91 Å². The number of halogens is 1. The van der Waals surface area contributed by atoms with E-state index in [0.29, 0.717) is 11.3 Å². The van der Waals surface area contributed by atoms with E-state index in [1.165, 1.54) is 36.4 Å². The largest absolute Gasteiger partial charge is 0.326 e. The van der Waals surface area contributed by atoms with Gasteiger partial charge in [-0.05, 0) is 60.2 Å². The molecular formula is C20H16FN3O5S2. The van der Waals surface area contributed by atoms with Crippen LogP contribution in [0.15, 0.2) is 76.5 Å². The molecule has 3 aromatic rings. The van der Waals surface area contributed by atoms with Crippen molar-refractivity contribution in [1.29, 1.82) is 0 Å². The molecule has 1 aliphatic rings. The molecule has 0 saturated carbocycles. The summed E-state index contributed by atoms with van der Waals surface area (Å²) >= 11 is 0. The summed E-state index contributed by atoms with van der Waals surface area (Å²) in [6.07, 6.45) is 0.0761. The zero-order valence-electron chi connectivity index (χ0n) is 15.8. The highest BCUT2D eigenvalue weighted by atomic mass is 32.2. The van der Waals surface area contributed by atoms with E-state index in [-0.39, 0.29) is 33.5 Å². The summed E-state index contributed by atoms with van der Waals surface area (Å²) in [5, 5.41) is 2.63. The van der Waals surface area contributed by atoms with Gasteiger partial charge in [0.1, 0.15) is 5.82 Å². The second-order valence-corrected chi connectivity index (χ2v) is 10.1. The fourth-order valence-electron chi connectivity index (χ4n) is 3.06. The minimum atomic E-state index is -4.08. The zero-order chi connectivity index (χ0) is 22.2. The Morgan fingerprint density at radius 1 is 0.774 bits per heavy atom. The number of hydrogen-bond donors (Lipinski definition) is 3. The molecule has 3 N–H and O–H groups in total. The van der Waals surface area contributed by atoms with Gasteiger partial charge >= 0.3 is 0 Å². The molecule has 4 rings (SSSR count). The van der Waals surface area contributed by atoms with Gasteiger partial charge in [-0.25, -0.2) is 21.2 Å². The van der Waals surface area contributed by atoms with Crippen LogP contribution in [-0.4, -0.2) is 22.7 Å². The second kappa shape index (κ2) is 7.67. The van der Waals surface area contributed by atoms with Gasteiger partial charge in [-0.15, -0.1) is 0 Å². The van der Waals surface area contributed by atoms with Crippen LogP contribution in [0, 0.1) is 5.82 Å². The Kier molecular flexibility index (Phi) is 5.15. The molecule has 8 nitrogen and oxygen atoms in total. The van der Waals surface area contributed by atoms with E-state index in [1.54, 1.807) is 6.07 Å². The third kappa shape index (κ3) is 4.37. The lowest BCUT2D eigenvalue weighted by atomic mass is 10.2. The maximum atomic E-state index is 13.1. The normalized spacial score (nSPS) is 13.4. The number of amides is 1. The minimum absolute atomic E-state index is 0.00267. The first-order valence-corrected chi connectivity index (χ1v) is 11.9. The SMILES string of the molecule is O=C1Cc2cc(S(=O)(=O)Nc3ccccc3NS(=O)(=O)c3ccc(F)cc3)ccc2N1. The summed E-state index contributed by atoms with van der Waals surface area (Å²) in [6, 6.07) is 14.3. The second-order valence-electron chi connectivity index (χ2n) is 6.75. The van der Waals surface area contributed by atoms with Gasteiger partial charge in [0.25, 0.3) is 20.0 Å². The van der Waals surface area contributed by atoms with Crippen molar-refractivity contribution in [1.82, 2.24) is 0 Å². The summed E-state index contributed by atoms with van der Waals surface area (Å²) < 4.78 is 68.7. The van der Waals surface area contributed by atoms with E-state index in [0.717, 1.165) is 24.3 Å². The van der Waals surface area contributed by atoms with Crippen molar-refractivity contribution >= 4 is 43.0 Å². The van der Waals surface area contributed by atoms with Crippen LogP contribution in [-0.2, 0) is 31.3 Å². The molecule has 1 aliphatic heterocycles. The Morgan fingerprint density at radius 2 is 1.32 bits per heavy atom. The monoisotopic (exact) mass is 461 g/mol. The lowest BCUT2D eigenvalue weighted by molar-refractivity contribution is -0.115. The van der Waals surface area contributed by atoms with Crippen LogP contribution < -0.4 is 14.8 Å². The number of nitrogens with one attached hydrogen (secondary N) is 3. The molecule has 160 valence electrons. The highest BCUT2D eigenvalue weighted by molar-refractivity contribution is 7.93. The van der Waals surface area contributed by atoms with Gasteiger partial charge in [-0.2, -0.15) is 0 Å². The fourth-order valence-corrected chi connectivity index (χ4v) is 5.26. The van der Waals surface area contributed by atoms with E-state index in [9.17, 15) is 26.0 Å². The van der Waals surface area contributed by atoms with Crippen molar-refractivity contribution in [3.05, 3.63) is 78.1 Å². The van der Waals surface area contributed by atoms with Crippen molar-refractivity contribution in [3.63, 3.8) is 0 Å². The highest BCUT2D eigenvalue weighted by Gasteiger charge is 2.23.